The number of ether oxygens (including phenoxy) is 6. The van der Waals surface area contributed by atoms with E-state index in [2.05, 4.69) is 16.3 Å². The van der Waals surface area contributed by atoms with Crippen molar-refractivity contribution in [1.29, 1.82) is 5.26 Å². The van der Waals surface area contributed by atoms with Crippen LogP contribution < -0.4 is 34.2 Å². The van der Waals surface area contributed by atoms with E-state index < -0.39 is 5.92 Å². The maximum Gasteiger partial charge on any atom is 0.244 e. The van der Waals surface area contributed by atoms with Crippen LogP contribution in [0.4, 0.5) is 0 Å². The Hall–Kier alpha value is -4.52. The highest BCUT2D eigenvalue weighted by atomic mass is 16.5. The van der Waals surface area contributed by atoms with E-state index in [0.29, 0.717) is 51.1 Å². The largest absolute Gasteiger partial charge is 0.497 e. The lowest BCUT2D eigenvalue weighted by molar-refractivity contribution is 0.324. The fourth-order valence-corrected chi connectivity index (χ4v) is 4.07. The van der Waals surface area contributed by atoms with Crippen LogP contribution in [0.3, 0.4) is 0 Å². The summed E-state index contributed by atoms with van der Waals surface area (Å²) < 4.78 is 33.2. The molecule has 0 saturated carbocycles. The fraction of sp³-hybridized carbons (Fsp3) is 0.250. The fourth-order valence-electron chi connectivity index (χ4n) is 4.07. The van der Waals surface area contributed by atoms with Gasteiger partial charge < -0.3 is 34.2 Å². The number of methoxy groups -OCH3 is 5. The Labute approximate surface area is 196 Å². The molecule has 176 valence electrons. The molecule has 0 spiro atoms. The molecule has 4 rings (SSSR count). The Morgan fingerprint density at radius 1 is 0.941 bits per heavy atom. The average molecular weight is 464 g/mol. The number of hydrogen-bond acceptors (Lipinski definition) is 9. The molecule has 0 amide bonds. The van der Waals surface area contributed by atoms with E-state index in [1.165, 1.54) is 21.3 Å². The first-order valence-electron chi connectivity index (χ1n) is 10.2. The lowest BCUT2D eigenvalue weighted by Crippen LogP contribution is -2.21. The summed E-state index contributed by atoms with van der Waals surface area (Å²) in [5, 5.41) is 17.4. The summed E-state index contributed by atoms with van der Waals surface area (Å²) in [5.41, 5.74) is 8.88. The predicted octanol–water partition coefficient (Wildman–Crippen LogP) is 3.34. The van der Waals surface area contributed by atoms with Crippen molar-refractivity contribution >= 4 is 0 Å². The third kappa shape index (κ3) is 3.57. The van der Waals surface area contributed by atoms with Gasteiger partial charge in [-0.1, -0.05) is 0 Å². The molecule has 10 nitrogen and oxygen atoms in total. The molecule has 0 fully saturated rings. The van der Waals surface area contributed by atoms with E-state index in [-0.39, 0.29) is 17.3 Å². The highest BCUT2D eigenvalue weighted by Crippen LogP contribution is 2.50. The van der Waals surface area contributed by atoms with Crippen molar-refractivity contribution in [2.45, 2.75) is 5.92 Å². The molecule has 3 aromatic rings. The number of nitrogens with one attached hydrogen (secondary N) is 1. The minimum Gasteiger partial charge on any atom is -0.497 e. The third-order valence-corrected chi connectivity index (χ3v) is 5.64. The van der Waals surface area contributed by atoms with Crippen molar-refractivity contribution in [1.82, 2.24) is 10.2 Å². The Morgan fingerprint density at radius 2 is 1.62 bits per heavy atom. The molecule has 10 heteroatoms. The van der Waals surface area contributed by atoms with Crippen LogP contribution in [-0.2, 0) is 0 Å². The molecule has 2 aromatic carbocycles. The SMILES string of the molecule is COc1ccc(OC)c([C@@H]2C(C#N)=C(N)Oc3n[nH]c(-c4cc(OC)c(OC)c(OC)c4)c32)c1. The molecule has 0 aliphatic carbocycles. The number of allylic oxidation sites excluding steroid dienone is 1. The molecule has 34 heavy (non-hydrogen) atoms. The lowest BCUT2D eigenvalue weighted by atomic mass is 9.82. The molecule has 3 N–H and O–H groups in total. The van der Waals surface area contributed by atoms with E-state index in [1.807, 2.05) is 0 Å². The number of hydrogen-bond donors (Lipinski definition) is 2. The zero-order valence-corrected chi connectivity index (χ0v) is 19.4. The van der Waals surface area contributed by atoms with Crippen LogP contribution in [-0.4, -0.2) is 45.7 Å². The van der Waals surface area contributed by atoms with E-state index in [1.54, 1.807) is 44.6 Å². The topological polar surface area (TPSA) is 134 Å². The Bertz CT molecular complexity index is 1280. The van der Waals surface area contributed by atoms with Gasteiger partial charge in [0.25, 0.3) is 0 Å². The summed E-state index contributed by atoms with van der Waals surface area (Å²) >= 11 is 0. The number of rotatable bonds is 7. The smallest absolute Gasteiger partial charge is 0.244 e. The van der Waals surface area contributed by atoms with Crippen LogP contribution in [0.2, 0.25) is 0 Å². The van der Waals surface area contributed by atoms with Gasteiger partial charge in [0.05, 0.1) is 52.7 Å². The Kier molecular flexibility index (Phi) is 6.10. The van der Waals surface area contributed by atoms with Crippen LogP contribution in [0.1, 0.15) is 17.0 Å². The monoisotopic (exact) mass is 464 g/mol. The molecular weight excluding hydrogens is 440 g/mol. The maximum atomic E-state index is 10.0. The van der Waals surface area contributed by atoms with Crippen LogP contribution in [0.5, 0.6) is 34.6 Å². The first-order valence-corrected chi connectivity index (χ1v) is 10.2. The normalized spacial score (nSPS) is 14.5. The van der Waals surface area contributed by atoms with Crippen LogP contribution >= 0.6 is 0 Å². The summed E-state index contributed by atoms with van der Waals surface area (Å²) in [6, 6.07) is 11.1. The van der Waals surface area contributed by atoms with E-state index >= 15 is 0 Å². The standard InChI is InChI=1S/C24H24N4O6/c1-29-13-6-7-16(30-2)14(10-13)19-15(11-25)23(26)34-24-20(19)21(27-28-24)12-8-17(31-3)22(33-5)18(9-12)32-4/h6-10,19H,26H2,1-5H3,(H,27,28)/t19-/m1/s1. The van der Waals surface area contributed by atoms with Gasteiger partial charge in [0.1, 0.15) is 23.1 Å². The summed E-state index contributed by atoms with van der Waals surface area (Å²) in [4.78, 5) is 0. The quantitative estimate of drug-likeness (QED) is 0.540. The minimum atomic E-state index is -0.647. The van der Waals surface area contributed by atoms with E-state index in [0.717, 1.165) is 0 Å². The van der Waals surface area contributed by atoms with Crippen molar-refractivity contribution in [3.05, 3.63) is 52.9 Å². The molecule has 0 unspecified atom stereocenters. The summed E-state index contributed by atoms with van der Waals surface area (Å²) in [7, 11) is 7.72. The molecule has 0 radical (unpaired) electrons. The average Bonchev–Trinajstić information content (AvgIpc) is 3.29. The van der Waals surface area contributed by atoms with Gasteiger partial charge in [-0.3, -0.25) is 5.10 Å². The van der Waals surface area contributed by atoms with Gasteiger partial charge in [-0.15, -0.1) is 5.10 Å². The van der Waals surface area contributed by atoms with Gasteiger partial charge in [-0.2, -0.15) is 5.26 Å². The number of nitrogens with two attached hydrogens (primary N) is 1. The zero-order chi connectivity index (χ0) is 24.4. The van der Waals surface area contributed by atoms with Gasteiger partial charge in [0.15, 0.2) is 11.5 Å². The molecule has 0 bridgehead atoms. The van der Waals surface area contributed by atoms with Gasteiger partial charge in [-0.05, 0) is 30.3 Å². The number of aromatic nitrogens is 2. The van der Waals surface area contributed by atoms with Gasteiger partial charge in [0.2, 0.25) is 17.5 Å². The number of fused-ring (bicyclic) bond motifs is 1. The molecule has 0 saturated heterocycles. The van der Waals surface area contributed by atoms with E-state index in [4.69, 9.17) is 34.2 Å². The van der Waals surface area contributed by atoms with Gasteiger partial charge in [-0.25, -0.2) is 0 Å². The Balaban J connectivity index is 2.00. The lowest BCUT2D eigenvalue weighted by Gasteiger charge is -2.26. The highest BCUT2D eigenvalue weighted by Gasteiger charge is 2.37. The van der Waals surface area contributed by atoms with Gasteiger partial charge in [0, 0.05) is 11.1 Å². The van der Waals surface area contributed by atoms with Crippen molar-refractivity contribution in [3.63, 3.8) is 0 Å². The van der Waals surface area contributed by atoms with Crippen LogP contribution in [0, 0.1) is 11.3 Å². The highest BCUT2D eigenvalue weighted by molar-refractivity contribution is 5.75. The molecular formula is C24H24N4O6. The minimum absolute atomic E-state index is 0.0344. The second kappa shape index (κ2) is 9.15. The number of nitrogens with zero attached hydrogens (tertiary/aromatic N) is 2. The second-order valence-corrected chi connectivity index (χ2v) is 7.26. The molecule has 1 aromatic heterocycles. The molecule has 2 heterocycles. The Morgan fingerprint density at radius 3 is 2.18 bits per heavy atom. The zero-order valence-electron chi connectivity index (χ0n) is 19.4. The van der Waals surface area contributed by atoms with Crippen molar-refractivity contribution in [3.8, 4) is 52.0 Å². The molecule has 1 aliphatic rings. The van der Waals surface area contributed by atoms with Crippen molar-refractivity contribution in [2.24, 2.45) is 5.73 Å². The van der Waals surface area contributed by atoms with Crippen LogP contribution in [0.25, 0.3) is 11.3 Å². The number of benzene rings is 2. The molecule has 1 atom stereocenters. The first kappa shape index (κ1) is 22.7. The molecule has 1 aliphatic heterocycles. The van der Waals surface area contributed by atoms with Crippen molar-refractivity contribution in [2.75, 3.05) is 35.5 Å². The number of H-pyrrole nitrogens is 1. The third-order valence-electron chi connectivity index (χ3n) is 5.64. The summed E-state index contributed by atoms with van der Waals surface area (Å²) in [6.07, 6.45) is 0. The van der Waals surface area contributed by atoms with Crippen LogP contribution in [0.15, 0.2) is 41.8 Å². The maximum absolute atomic E-state index is 10.0. The second-order valence-electron chi connectivity index (χ2n) is 7.26. The van der Waals surface area contributed by atoms with Crippen molar-refractivity contribution < 1.29 is 28.4 Å². The number of aromatic amines is 1. The van der Waals surface area contributed by atoms with E-state index in [9.17, 15) is 5.26 Å². The summed E-state index contributed by atoms with van der Waals surface area (Å²) in [5.74, 6) is 2.08. The van der Waals surface area contributed by atoms with Gasteiger partial charge >= 0.3 is 0 Å². The predicted molar refractivity (Wildman–Crippen MR) is 123 cm³/mol. The first-order chi connectivity index (χ1) is 16.5. The number of nitriles is 1. The summed E-state index contributed by atoms with van der Waals surface area (Å²) in [6.45, 7) is 0.